The zero-order valence-electron chi connectivity index (χ0n) is 19.0. The Morgan fingerprint density at radius 3 is 2.61 bits per heavy atom. The van der Waals surface area contributed by atoms with Crippen LogP contribution in [0.15, 0.2) is 48.1 Å². The number of amides is 1. The van der Waals surface area contributed by atoms with E-state index in [0.29, 0.717) is 30.5 Å². The van der Waals surface area contributed by atoms with Gasteiger partial charge in [0.05, 0.1) is 36.0 Å². The van der Waals surface area contributed by atoms with Crippen molar-refractivity contribution in [1.82, 2.24) is 30.0 Å². The number of aliphatic imine (C=N–C) groups is 1. The van der Waals surface area contributed by atoms with Gasteiger partial charge >= 0.3 is 0 Å². The van der Waals surface area contributed by atoms with Gasteiger partial charge in [-0.3, -0.25) is 19.5 Å². The van der Waals surface area contributed by atoms with E-state index in [4.69, 9.17) is 10.5 Å². The Bertz CT molecular complexity index is 1140. The van der Waals surface area contributed by atoms with Crippen LogP contribution >= 0.6 is 0 Å². The molecule has 3 aromatic heterocycles. The Morgan fingerprint density at radius 2 is 2.00 bits per heavy atom. The summed E-state index contributed by atoms with van der Waals surface area (Å²) in [5.74, 6) is 0.966. The topological polar surface area (TPSA) is 133 Å². The number of hydrogen-bond acceptors (Lipinski definition) is 8. The van der Waals surface area contributed by atoms with E-state index in [9.17, 15) is 4.79 Å². The van der Waals surface area contributed by atoms with Crippen molar-refractivity contribution in [1.29, 1.82) is 0 Å². The number of carbonyl (C=O) groups is 1. The Hall–Kier alpha value is -3.66. The standard InChI is InChI=1S/C23H28N8O2/c1-23(17-4-5-17,18-6-7-19(26-13-18)15-10-27-22(24)28-11-15)21(25-2)30-20(32)16-12-29-31(14-16)8-9-33-3/h6-7,10-14,17H,4-5,8-9H2,1-3H3,(H2,24,27,28)(H,25,30,32)/t23-/m1/s1. The predicted molar refractivity (Wildman–Crippen MR) is 125 cm³/mol. The fourth-order valence-corrected chi connectivity index (χ4v) is 3.95. The second kappa shape index (κ2) is 9.45. The number of nitrogens with zero attached hydrogens (tertiary/aromatic N) is 6. The van der Waals surface area contributed by atoms with E-state index in [1.807, 2.05) is 18.3 Å². The maximum atomic E-state index is 13.0. The molecule has 0 aromatic carbocycles. The molecule has 0 spiro atoms. The quantitative estimate of drug-likeness (QED) is 0.398. The molecule has 4 rings (SSSR count). The van der Waals surface area contributed by atoms with Crippen LogP contribution in [0.4, 0.5) is 5.95 Å². The predicted octanol–water partition coefficient (Wildman–Crippen LogP) is 2.09. The molecule has 1 aliphatic carbocycles. The smallest absolute Gasteiger partial charge is 0.259 e. The number of hydrogen-bond donors (Lipinski definition) is 2. The molecule has 1 amide bonds. The van der Waals surface area contributed by atoms with Crippen LogP contribution in [0.3, 0.4) is 0 Å². The zero-order chi connectivity index (χ0) is 23.4. The van der Waals surface area contributed by atoms with Crippen molar-refractivity contribution in [2.24, 2.45) is 10.9 Å². The van der Waals surface area contributed by atoms with Crippen molar-refractivity contribution >= 4 is 17.7 Å². The highest BCUT2D eigenvalue weighted by atomic mass is 16.5. The molecular formula is C23H28N8O2. The number of aromatic nitrogens is 5. The first-order valence-electron chi connectivity index (χ1n) is 10.8. The monoisotopic (exact) mass is 448 g/mol. The molecule has 1 aliphatic rings. The molecule has 3 heterocycles. The number of pyridine rings is 1. The number of nitrogen functional groups attached to an aromatic ring is 1. The summed E-state index contributed by atoms with van der Waals surface area (Å²) < 4.78 is 6.75. The van der Waals surface area contributed by atoms with Gasteiger partial charge in [0, 0.05) is 44.5 Å². The summed E-state index contributed by atoms with van der Waals surface area (Å²) in [6.07, 6.45) is 10.5. The molecule has 1 saturated carbocycles. The minimum atomic E-state index is -0.473. The van der Waals surface area contributed by atoms with Crippen LogP contribution < -0.4 is 11.1 Å². The van der Waals surface area contributed by atoms with Gasteiger partial charge in [-0.25, -0.2) is 9.97 Å². The molecular weight excluding hydrogens is 420 g/mol. The lowest BCUT2D eigenvalue weighted by atomic mass is 9.77. The summed E-state index contributed by atoms with van der Waals surface area (Å²) in [7, 11) is 3.33. The number of carbonyl (C=O) groups excluding carboxylic acids is 1. The number of amidine groups is 1. The molecule has 0 bridgehead atoms. The number of nitrogens with one attached hydrogen (secondary N) is 1. The van der Waals surface area contributed by atoms with Gasteiger partial charge in [-0.1, -0.05) is 6.07 Å². The van der Waals surface area contributed by atoms with Crippen molar-refractivity contribution in [3.8, 4) is 11.3 Å². The lowest BCUT2D eigenvalue weighted by Gasteiger charge is -2.32. The normalized spacial score (nSPS) is 15.8. The van der Waals surface area contributed by atoms with Gasteiger partial charge in [-0.2, -0.15) is 5.10 Å². The molecule has 1 fully saturated rings. The third-order valence-electron chi connectivity index (χ3n) is 6.09. The highest BCUT2D eigenvalue weighted by Gasteiger charge is 2.47. The molecule has 33 heavy (non-hydrogen) atoms. The fraction of sp³-hybridized carbons (Fsp3) is 0.391. The van der Waals surface area contributed by atoms with E-state index in [1.165, 1.54) is 0 Å². The van der Waals surface area contributed by atoms with Crippen LogP contribution in [0.5, 0.6) is 0 Å². The number of methoxy groups -OCH3 is 1. The molecule has 3 aromatic rings. The average molecular weight is 449 g/mol. The molecule has 10 nitrogen and oxygen atoms in total. The Labute approximate surface area is 192 Å². The van der Waals surface area contributed by atoms with E-state index in [2.05, 4.69) is 37.3 Å². The van der Waals surface area contributed by atoms with Crippen molar-refractivity contribution in [3.63, 3.8) is 0 Å². The van der Waals surface area contributed by atoms with Crippen molar-refractivity contribution < 1.29 is 9.53 Å². The molecule has 0 unspecified atom stereocenters. The van der Waals surface area contributed by atoms with Crippen LogP contribution in [0.25, 0.3) is 11.3 Å². The van der Waals surface area contributed by atoms with Crippen LogP contribution in [0.2, 0.25) is 0 Å². The van der Waals surface area contributed by atoms with Gasteiger partial charge in [0.1, 0.15) is 5.84 Å². The first-order valence-corrected chi connectivity index (χ1v) is 10.8. The third-order valence-corrected chi connectivity index (χ3v) is 6.09. The summed E-state index contributed by atoms with van der Waals surface area (Å²) in [4.78, 5) is 30.1. The molecule has 10 heteroatoms. The third kappa shape index (κ3) is 4.75. The van der Waals surface area contributed by atoms with Crippen LogP contribution in [-0.2, 0) is 16.7 Å². The minimum Gasteiger partial charge on any atom is -0.383 e. The Balaban J connectivity index is 1.56. The summed E-state index contributed by atoms with van der Waals surface area (Å²) in [6, 6.07) is 3.96. The lowest BCUT2D eigenvalue weighted by molar-refractivity contribution is 0.0974. The zero-order valence-corrected chi connectivity index (χ0v) is 19.0. The van der Waals surface area contributed by atoms with Crippen LogP contribution in [-0.4, -0.2) is 57.2 Å². The molecule has 0 saturated heterocycles. The first kappa shape index (κ1) is 22.5. The summed E-state index contributed by atoms with van der Waals surface area (Å²) in [6.45, 7) is 3.21. The van der Waals surface area contributed by atoms with E-state index < -0.39 is 5.41 Å². The Morgan fingerprint density at radius 1 is 1.24 bits per heavy atom. The van der Waals surface area contributed by atoms with Gasteiger partial charge in [-0.05, 0) is 37.3 Å². The second-order valence-electron chi connectivity index (χ2n) is 8.25. The summed E-state index contributed by atoms with van der Waals surface area (Å²) >= 11 is 0. The van der Waals surface area contributed by atoms with E-state index >= 15 is 0 Å². The largest absolute Gasteiger partial charge is 0.383 e. The van der Waals surface area contributed by atoms with Crippen molar-refractivity contribution in [2.45, 2.75) is 31.7 Å². The Kier molecular flexibility index (Phi) is 6.45. The van der Waals surface area contributed by atoms with E-state index in [0.717, 1.165) is 29.7 Å². The number of anilines is 1. The van der Waals surface area contributed by atoms with E-state index in [-0.39, 0.29) is 11.9 Å². The molecule has 3 N–H and O–H groups in total. The minimum absolute atomic E-state index is 0.223. The van der Waals surface area contributed by atoms with Gasteiger partial charge in [0.25, 0.3) is 5.91 Å². The molecule has 172 valence electrons. The summed E-state index contributed by atoms with van der Waals surface area (Å²) in [5.41, 5.74) is 8.10. The second-order valence-corrected chi connectivity index (χ2v) is 8.25. The maximum Gasteiger partial charge on any atom is 0.259 e. The first-order chi connectivity index (χ1) is 16.0. The van der Waals surface area contributed by atoms with Gasteiger partial charge in [-0.15, -0.1) is 0 Å². The lowest BCUT2D eigenvalue weighted by Crippen LogP contribution is -2.46. The molecule has 0 radical (unpaired) electrons. The molecule has 1 atom stereocenters. The van der Waals surface area contributed by atoms with Crippen molar-refractivity contribution in [2.75, 3.05) is 26.5 Å². The van der Waals surface area contributed by atoms with Crippen molar-refractivity contribution in [3.05, 3.63) is 54.2 Å². The van der Waals surface area contributed by atoms with Crippen LogP contribution in [0, 0.1) is 5.92 Å². The van der Waals surface area contributed by atoms with Crippen LogP contribution in [0.1, 0.15) is 35.7 Å². The van der Waals surface area contributed by atoms with Gasteiger partial charge in [0.2, 0.25) is 5.95 Å². The summed E-state index contributed by atoms with van der Waals surface area (Å²) in [5, 5.41) is 7.26. The van der Waals surface area contributed by atoms with Gasteiger partial charge in [0.15, 0.2) is 0 Å². The van der Waals surface area contributed by atoms with E-state index in [1.54, 1.807) is 43.6 Å². The number of ether oxygens (including phenoxy) is 1. The number of nitrogens with two attached hydrogens (primary N) is 1. The number of rotatable bonds is 8. The SMILES string of the molecule is CN=C(NC(=O)c1cnn(CCOC)c1)[C@@](C)(c1ccc(-c2cnc(N)nc2)nc1)C1CC1. The maximum absolute atomic E-state index is 13.0. The fourth-order valence-electron chi connectivity index (χ4n) is 3.95. The van der Waals surface area contributed by atoms with Gasteiger partial charge < -0.3 is 15.8 Å². The average Bonchev–Trinajstić information content (AvgIpc) is 3.59. The highest BCUT2D eigenvalue weighted by molar-refractivity contribution is 6.09. The highest BCUT2D eigenvalue weighted by Crippen LogP contribution is 2.48. The molecule has 0 aliphatic heterocycles.